The minimum atomic E-state index is -4.22. The van der Waals surface area contributed by atoms with Gasteiger partial charge in [-0.3, -0.25) is 9.89 Å². The monoisotopic (exact) mass is 338 g/mol. The zero-order valence-electron chi connectivity index (χ0n) is 12.2. The number of methoxy groups -OCH3 is 1. The standard InChI is InChI=1S/C13H18ClF3N4O/c1-21(8-13(15,16)17)6-5-19-12(18)20-9-3-4-11(22-2)10(14)7-9/h3-4,7H,5-6,8H2,1-2H3,(H3,18,19,20). The van der Waals surface area contributed by atoms with E-state index < -0.39 is 12.7 Å². The van der Waals surface area contributed by atoms with Crippen LogP contribution in [0.15, 0.2) is 23.2 Å². The number of hydrogen-bond acceptors (Lipinski definition) is 3. The van der Waals surface area contributed by atoms with Crippen molar-refractivity contribution in [3.05, 3.63) is 23.2 Å². The molecule has 1 rings (SSSR count). The van der Waals surface area contributed by atoms with E-state index in [-0.39, 0.29) is 19.0 Å². The Morgan fingerprint density at radius 2 is 2.14 bits per heavy atom. The third-order valence-corrected chi connectivity index (χ3v) is 2.93. The molecule has 9 heteroatoms. The minimum Gasteiger partial charge on any atom is -0.495 e. The predicted molar refractivity (Wildman–Crippen MR) is 81.7 cm³/mol. The summed E-state index contributed by atoms with van der Waals surface area (Å²) in [7, 11) is 2.87. The molecule has 0 heterocycles. The van der Waals surface area contributed by atoms with E-state index in [0.29, 0.717) is 16.5 Å². The number of nitrogens with zero attached hydrogens (tertiary/aromatic N) is 2. The molecule has 0 bridgehead atoms. The number of halogens is 4. The largest absolute Gasteiger partial charge is 0.495 e. The maximum atomic E-state index is 12.1. The minimum absolute atomic E-state index is 0.0987. The Bertz CT molecular complexity index is 522. The third kappa shape index (κ3) is 6.86. The zero-order chi connectivity index (χ0) is 16.8. The van der Waals surface area contributed by atoms with Crippen molar-refractivity contribution in [1.82, 2.24) is 4.90 Å². The van der Waals surface area contributed by atoms with Crippen LogP contribution in [-0.2, 0) is 0 Å². The summed E-state index contributed by atoms with van der Waals surface area (Å²) in [5.41, 5.74) is 6.27. The van der Waals surface area contributed by atoms with Gasteiger partial charge < -0.3 is 15.8 Å². The summed E-state index contributed by atoms with van der Waals surface area (Å²) >= 11 is 5.96. The Balaban J connectivity index is 2.48. The van der Waals surface area contributed by atoms with Gasteiger partial charge >= 0.3 is 6.18 Å². The van der Waals surface area contributed by atoms with Crippen LogP contribution in [0.4, 0.5) is 18.9 Å². The van der Waals surface area contributed by atoms with Crippen LogP contribution < -0.4 is 15.8 Å². The number of aliphatic imine (C=N–C) groups is 1. The topological polar surface area (TPSA) is 62.9 Å². The first-order valence-corrected chi connectivity index (χ1v) is 6.75. The summed E-state index contributed by atoms with van der Waals surface area (Å²) in [5.74, 6) is 0.623. The third-order valence-electron chi connectivity index (χ3n) is 2.64. The van der Waals surface area contributed by atoms with Crippen molar-refractivity contribution in [2.24, 2.45) is 10.7 Å². The molecule has 0 saturated carbocycles. The van der Waals surface area contributed by atoms with Crippen LogP contribution in [0.2, 0.25) is 5.02 Å². The number of hydrogen-bond donors (Lipinski definition) is 2. The molecule has 0 aromatic heterocycles. The lowest BCUT2D eigenvalue weighted by Crippen LogP contribution is -2.33. The molecule has 0 aliphatic rings. The number of nitrogens with one attached hydrogen (secondary N) is 1. The average Bonchev–Trinajstić information content (AvgIpc) is 2.36. The first-order chi connectivity index (χ1) is 10.2. The lowest BCUT2D eigenvalue weighted by molar-refractivity contribution is -0.142. The van der Waals surface area contributed by atoms with Gasteiger partial charge in [0.15, 0.2) is 5.96 Å². The molecule has 3 N–H and O–H groups in total. The van der Waals surface area contributed by atoms with Gasteiger partial charge in [0.2, 0.25) is 0 Å². The molecule has 0 fully saturated rings. The number of rotatable bonds is 6. The second-order valence-electron chi connectivity index (χ2n) is 4.59. The highest BCUT2D eigenvalue weighted by Crippen LogP contribution is 2.27. The van der Waals surface area contributed by atoms with Crippen LogP contribution >= 0.6 is 11.6 Å². The van der Waals surface area contributed by atoms with E-state index in [2.05, 4.69) is 10.3 Å². The van der Waals surface area contributed by atoms with Gasteiger partial charge in [-0.05, 0) is 25.2 Å². The zero-order valence-corrected chi connectivity index (χ0v) is 13.0. The van der Waals surface area contributed by atoms with Crippen molar-refractivity contribution in [3.8, 4) is 5.75 Å². The fourth-order valence-corrected chi connectivity index (χ4v) is 1.92. The highest BCUT2D eigenvalue weighted by Gasteiger charge is 2.28. The Morgan fingerprint density at radius 3 is 2.68 bits per heavy atom. The first kappa shape index (κ1) is 18.4. The average molecular weight is 339 g/mol. The van der Waals surface area contributed by atoms with Crippen LogP contribution in [-0.4, -0.2) is 50.8 Å². The molecule has 124 valence electrons. The van der Waals surface area contributed by atoms with Gasteiger partial charge in [0.05, 0.1) is 25.2 Å². The van der Waals surface area contributed by atoms with Crippen molar-refractivity contribution in [2.75, 3.05) is 39.1 Å². The summed E-state index contributed by atoms with van der Waals surface area (Å²) < 4.78 is 41.4. The van der Waals surface area contributed by atoms with Gasteiger partial charge in [0.25, 0.3) is 0 Å². The summed E-state index contributed by atoms with van der Waals surface area (Å²) in [4.78, 5) is 5.09. The molecule has 5 nitrogen and oxygen atoms in total. The van der Waals surface area contributed by atoms with Crippen LogP contribution in [0, 0.1) is 0 Å². The van der Waals surface area contributed by atoms with E-state index in [0.717, 1.165) is 4.90 Å². The number of nitrogens with two attached hydrogens (primary N) is 1. The Kier molecular flexibility index (Phi) is 6.76. The maximum absolute atomic E-state index is 12.1. The Labute approximate surface area is 131 Å². The second kappa shape index (κ2) is 8.09. The predicted octanol–water partition coefficient (Wildman–Crippen LogP) is 2.57. The number of guanidine groups is 1. The highest BCUT2D eigenvalue weighted by atomic mass is 35.5. The lowest BCUT2D eigenvalue weighted by Gasteiger charge is -2.17. The lowest BCUT2D eigenvalue weighted by atomic mass is 10.3. The molecule has 22 heavy (non-hydrogen) atoms. The highest BCUT2D eigenvalue weighted by molar-refractivity contribution is 6.32. The van der Waals surface area contributed by atoms with Gasteiger partial charge in [-0.1, -0.05) is 11.6 Å². The number of ether oxygens (including phenoxy) is 1. The summed E-state index contributed by atoms with van der Waals surface area (Å²) in [5, 5.41) is 3.21. The molecule has 1 aromatic carbocycles. The summed E-state index contributed by atoms with van der Waals surface area (Å²) in [6.07, 6.45) is -4.22. The van der Waals surface area contributed by atoms with Gasteiger partial charge in [0.1, 0.15) is 5.75 Å². The van der Waals surface area contributed by atoms with E-state index in [9.17, 15) is 13.2 Å². The molecule has 0 atom stereocenters. The molecule has 1 aromatic rings. The van der Waals surface area contributed by atoms with Crippen molar-refractivity contribution in [1.29, 1.82) is 0 Å². The molecular formula is C13H18ClF3N4O. The van der Waals surface area contributed by atoms with E-state index in [1.54, 1.807) is 18.2 Å². The van der Waals surface area contributed by atoms with E-state index in [4.69, 9.17) is 22.1 Å². The summed E-state index contributed by atoms with van der Waals surface area (Å²) in [6.45, 7) is -0.690. The van der Waals surface area contributed by atoms with E-state index in [1.807, 2.05) is 0 Å². The SMILES string of the molecule is COc1ccc(NC(N)=NCCN(C)CC(F)(F)F)cc1Cl. The van der Waals surface area contributed by atoms with Gasteiger partial charge in [-0.15, -0.1) is 0 Å². The Morgan fingerprint density at radius 1 is 1.45 bits per heavy atom. The van der Waals surface area contributed by atoms with Crippen LogP contribution in [0.5, 0.6) is 5.75 Å². The van der Waals surface area contributed by atoms with Crippen molar-refractivity contribution in [2.45, 2.75) is 6.18 Å². The Hall–Kier alpha value is -1.67. The van der Waals surface area contributed by atoms with Gasteiger partial charge in [-0.25, -0.2) is 0 Å². The van der Waals surface area contributed by atoms with Crippen LogP contribution in [0.25, 0.3) is 0 Å². The first-order valence-electron chi connectivity index (χ1n) is 6.37. The van der Waals surface area contributed by atoms with E-state index in [1.165, 1.54) is 14.2 Å². The van der Waals surface area contributed by atoms with E-state index >= 15 is 0 Å². The second-order valence-corrected chi connectivity index (χ2v) is 5.00. The van der Waals surface area contributed by atoms with Crippen molar-refractivity contribution < 1.29 is 17.9 Å². The number of alkyl halides is 3. The number of benzene rings is 1. The molecular weight excluding hydrogens is 321 g/mol. The maximum Gasteiger partial charge on any atom is 0.401 e. The molecule has 0 amide bonds. The van der Waals surface area contributed by atoms with Gasteiger partial charge in [0, 0.05) is 12.2 Å². The summed E-state index contributed by atoms with van der Waals surface area (Å²) in [6, 6.07) is 4.97. The molecule has 0 radical (unpaired) electrons. The molecule has 0 spiro atoms. The number of likely N-dealkylation sites (N-methyl/N-ethyl adjacent to an activating group) is 1. The normalized spacial score (nSPS) is 12.6. The fraction of sp³-hybridized carbons (Fsp3) is 0.462. The molecule has 0 unspecified atom stereocenters. The van der Waals surface area contributed by atoms with Crippen molar-refractivity contribution in [3.63, 3.8) is 0 Å². The number of anilines is 1. The molecule has 0 saturated heterocycles. The smallest absolute Gasteiger partial charge is 0.401 e. The quantitative estimate of drug-likeness (QED) is 0.618. The van der Waals surface area contributed by atoms with Crippen LogP contribution in [0.1, 0.15) is 0 Å². The van der Waals surface area contributed by atoms with Crippen LogP contribution in [0.3, 0.4) is 0 Å². The van der Waals surface area contributed by atoms with Crippen molar-refractivity contribution >= 4 is 23.2 Å². The van der Waals surface area contributed by atoms with Gasteiger partial charge in [-0.2, -0.15) is 13.2 Å². The fourth-order valence-electron chi connectivity index (χ4n) is 1.66. The molecule has 0 aliphatic carbocycles. The molecule has 0 aliphatic heterocycles.